The lowest BCUT2D eigenvalue weighted by Gasteiger charge is -2.14. The maximum Gasteiger partial charge on any atom is 0.146 e. The standard InChI is InChI=1S/C51H30N4/c1-2-14-33(15-3-1)53-43-23-10-7-18-36(43)41-29-32(26-28-45(41)53)34-16-6-9-22-42(34)54-44-24-11-8-19-39(44)47-46(54)30-52-51-48(47)40-21-12-20-37-38-27-25-31-13-4-5-17-35(31)49(38)55(51)50(37)40/h1-30H. The highest BCUT2D eigenvalue weighted by atomic mass is 15.0. The fourth-order valence-corrected chi connectivity index (χ4v) is 9.78. The van der Waals surface area contributed by atoms with Crippen LogP contribution >= 0.6 is 0 Å². The van der Waals surface area contributed by atoms with Gasteiger partial charge in [0.25, 0.3) is 0 Å². The van der Waals surface area contributed by atoms with E-state index < -0.39 is 0 Å². The van der Waals surface area contributed by atoms with Crippen LogP contribution in [0.15, 0.2) is 182 Å². The van der Waals surface area contributed by atoms with Crippen molar-refractivity contribution in [3.05, 3.63) is 182 Å². The molecule has 0 aliphatic rings. The van der Waals surface area contributed by atoms with Gasteiger partial charge in [-0.05, 0) is 53.4 Å². The summed E-state index contributed by atoms with van der Waals surface area (Å²) in [6.45, 7) is 0. The van der Waals surface area contributed by atoms with Gasteiger partial charge in [0.2, 0.25) is 0 Å². The lowest BCUT2D eigenvalue weighted by molar-refractivity contribution is 1.17. The normalized spacial score (nSPS) is 12.4. The van der Waals surface area contributed by atoms with E-state index in [9.17, 15) is 0 Å². The number of nitrogens with zero attached hydrogens (tertiary/aromatic N) is 4. The summed E-state index contributed by atoms with van der Waals surface area (Å²) >= 11 is 0. The Morgan fingerprint density at radius 1 is 0.382 bits per heavy atom. The molecule has 0 saturated heterocycles. The number of benzene rings is 8. The minimum Gasteiger partial charge on any atom is -0.309 e. The zero-order valence-corrected chi connectivity index (χ0v) is 29.6. The van der Waals surface area contributed by atoms with Crippen molar-refractivity contribution in [2.45, 2.75) is 0 Å². The summed E-state index contributed by atoms with van der Waals surface area (Å²) in [5.41, 5.74) is 12.8. The van der Waals surface area contributed by atoms with Crippen LogP contribution in [0.2, 0.25) is 0 Å². The van der Waals surface area contributed by atoms with E-state index in [0.29, 0.717) is 0 Å². The van der Waals surface area contributed by atoms with Crippen LogP contribution in [0.4, 0.5) is 0 Å². The molecular weight excluding hydrogens is 669 g/mol. The number of hydrogen-bond acceptors (Lipinski definition) is 1. The van der Waals surface area contributed by atoms with Crippen LogP contribution in [0.3, 0.4) is 0 Å². The first-order valence-electron chi connectivity index (χ1n) is 18.9. The van der Waals surface area contributed by atoms with E-state index in [4.69, 9.17) is 4.98 Å². The summed E-state index contributed by atoms with van der Waals surface area (Å²) in [6, 6.07) is 64.1. The van der Waals surface area contributed by atoms with Crippen LogP contribution < -0.4 is 0 Å². The number of para-hydroxylation sites is 5. The molecule has 0 unspecified atom stereocenters. The van der Waals surface area contributed by atoms with Gasteiger partial charge in [-0.2, -0.15) is 0 Å². The van der Waals surface area contributed by atoms with Gasteiger partial charge in [0.1, 0.15) is 5.65 Å². The van der Waals surface area contributed by atoms with E-state index in [-0.39, 0.29) is 0 Å². The second-order valence-electron chi connectivity index (χ2n) is 14.7. The van der Waals surface area contributed by atoms with Gasteiger partial charge in [0, 0.05) is 59.7 Å². The van der Waals surface area contributed by atoms with E-state index in [2.05, 4.69) is 196 Å². The first kappa shape index (κ1) is 29.1. The molecule has 0 fully saturated rings. The zero-order valence-electron chi connectivity index (χ0n) is 29.6. The summed E-state index contributed by atoms with van der Waals surface area (Å²) in [6.07, 6.45) is 2.11. The smallest absolute Gasteiger partial charge is 0.146 e. The van der Waals surface area contributed by atoms with Gasteiger partial charge in [0.05, 0.1) is 45.0 Å². The molecule has 0 atom stereocenters. The van der Waals surface area contributed by atoms with Gasteiger partial charge in [-0.1, -0.05) is 133 Å². The molecule has 5 aromatic heterocycles. The Bertz CT molecular complexity index is 3710. The molecule has 0 aliphatic heterocycles. The minimum absolute atomic E-state index is 1.00. The lowest BCUT2D eigenvalue weighted by Crippen LogP contribution is -1.98. The Hall–Kier alpha value is -7.43. The number of hydrogen-bond donors (Lipinski definition) is 0. The number of fused-ring (bicyclic) bond motifs is 15. The van der Waals surface area contributed by atoms with Crippen molar-refractivity contribution >= 4 is 92.6 Å². The molecule has 0 bridgehead atoms. The highest BCUT2D eigenvalue weighted by molar-refractivity contribution is 6.33. The quantitative estimate of drug-likeness (QED) is 0.180. The Morgan fingerprint density at radius 3 is 1.93 bits per heavy atom. The van der Waals surface area contributed by atoms with Gasteiger partial charge >= 0.3 is 0 Å². The second kappa shape index (κ2) is 10.6. The van der Waals surface area contributed by atoms with Gasteiger partial charge in [0.15, 0.2) is 0 Å². The fourth-order valence-electron chi connectivity index (χ4n) is 9.78. The minimum atomic E-state index is 1.00. The summed E-state index contributed by atoms with van der Waals surface area (Å²) in [4.78, 5) is 5.39. The number of aromatic nitrogens is 4. The van der Waals surface area contributed by atoms with Gasteiger partial charge < -0.3 is 9.13 Å². The van der Waals surface area contributed by atoms with E-state index in [1.807, 2.05) is 0 Å². The van der Waals surface area contributed by atoms with Crippen LogP contribution in [0, 0.1) is 0 Å². The predicted molar refractivity (Wildman–Crippen MR) is 231 cm³/mol. The average molecular weight is 699 g/mol. The number of pyridine rings is 1. The molecule has 0 amide bonds. The van der Waals surface area contributed by atoms with E-state index in [0.717, 1.165) is 22.5 Å². The summed E-state index contributed by atoms with van der Waals surface area (Å²) in [5.74, 6) is 0. The molecule has 8 aromatic carbocycles. The molecule has 0 saturated carbocycles. The van der Waals surface area contributed by atoms with Crippen molar-refractivity contribution in [2.75, 3.05) is 0 Å². The van der Waals surface area contributed by atoms with Crippen LogP contribution in [0.5, 0.6) is 0 Å². The Labute approximate surface area is 314 Å². The maximum atomic E-state index is 5.39. The second-order valence-corrected chi connectivity index (χ2v) is 14.7. The number of rotatable bonds is 3. The molecule has 0 N–H and O–H groups in total. The van der Waals surface area contributed by atoms with Crippen molar-refractivity contribution in [1.29, 1.82) is 0 Å². The van der Waals surface area contributed by atoms with Crippen molar-refractivity contribution < 1.29 is 0 Å². The van der Waals surface area contributed by atoms with Crippen LogP contribution in [-0.2, 0) is 0 Å². The van der Waals surface area contributed by atoms with Crippen LogP contribution in [0.25, 0.3) is 115 Å². The zero-order chi connectivity index (χ0) is 35.8. The third-order valence-corrected chi connectivity index (χ3v) is 12.0. The van der Waals surface area contributed by atoms with Crippen LogP contribution in [-0.4, -0.2) is 18.5 Å². The van der Waals surface area contributed by atoms with Gasteiger partial charge in [-0.3, -0.25) is 4.40 Å². The van der Waals surface area contributed by atoms with Crippen molar-refractivity contribution in [2.24, 2.45) is 0 Å². The Morgan fingerprint density at radius 2 is 1.04 bits per heavy atom. The first-order valence-corrected chi connectivity index (χ1v) is 18.9. The molecule has 13 rings (SSSR count). The largest absolute Gasteiger partial charge is 0.309 e. The van der Waals surface area contributed by atoms with E-state index >= 15 is 0 Å². The van der Waals surface area contributed by atoms with Crippen molar-refractivity contribution in [3.63, 3.8) is 0 Å². The highest BCUT2D eigenvalue weighted by Crippen LogP contribution is 2.46. The third-order valence-electron chi connectivity index (χ3n) is 12.0. The maximum absolute atomic E-state index is 5.39. The average Bonchev–Trinajstić information content (AvgIpc) is 3.98. The first-order chi connectivity index (χ1) is 27.3. The summed E-state index contributed by atoms with van der Waals surface area (Å²) in [5, 5.41) is 12.4. The summed E-state index contributed by atoms with van der Waals surface area (Å²) < 4.78 is 7.24. The predicted octanol–water partition coefficient (Wildman–Crippen LogP) is 13.2. The molecular formula is C51H30N4. The molecule has 55 heavy (non-hydrogen) atoms. The molecule has 4 nitrogen and oxygen atoms in total. The van der Waals surface area contributed by atoms with Crippen molar-refractivity contribution in [3.8, 4) is 22.5 Å². The molecule has 0 spiro atoms. The molecule has 0 aliphatic carbocycles. The lowest BCUT2D eigenvalue weighted by atomic mass is 10.0. The summed E-state index contributed by atoms with van der Waals surface area (Å²) in [7, 11) is 0. The SMILES string of the molecule is c1ccc(-n2c3ccccc3c3cc(-c4ccccc4-n4c5ccccc5c5c6c7cccc8c9ccc%10ccccc%10c9n(c6ncc54)c87)ccc32)cc1. The highest BCUT2D eigenvalue weighted by Gasteiger charge is 2.25. The van der Waals surface area contributed by atoms with Crippen LogP contribution in [0.1, 0.15) is 0 Å². The molecule has 13 aromatic rings. The molecule has 254 valence electrons. The van der Waals surface area contributed by atoms with E-state index in [1.54, 1.807) is 0 Å². The fraction of sp³-hybridized carbons (Fsp3) is 0. The van der Waals surface area contributed by atoms with E-state index in [1.165, 1.54) is 92.6 Å². The monoisotopic (exact) mass is 698 g/mol. The molecule has 0 radical (unpaired) electrons. The van der Waals surface area contributed by atoms with Gasteiger partial charge in [-0.15, -0.1) is 0 Å². The van der Waals surface area contributed by atoms with Crippen molar-refractivity contribution in [1.82, 2.24) is 18.5 Å². The van der Waals surface area contributed by atoms with Gasteiger partial charge in [-0.25, -0.2) is 4.98 Å². The third kappa shape index (κ3) is 3.73. The molecule has 4 heteroatoms. The Balaban J connectivity index is 1.11. The molecule has 5 heterocycles. The Kier molecular flexibility index (Phi) is 5.60. The topological polar surface area (TPSA) is 27.2 Å².